The minimum atomic E-state index is -3.53. The Balaban J connectivity index is 2.71. The van der Waals surface area contributed by atoms with Gasteiger partial charge in [-0.1, -0.05) is 18.9 Å². The van der Waals surface area contributed by atoms with E-state index < -0.39 is 15.3 Å². The number of hydrogen-bond donors (Lipinski definition) is 1. The lowest BCUT2D eigenvalue weighted by Crippen LogP contribution is -2.39. The van der Waals surface area contributed by atoms with Gasteiger partial charge in [0, 0.05) is 7.11 Å². The van der Waals surface area contributed by atoms with Gasteiger partial charge in [0.2, 0.25) is 10.0 Å². The van der Waals surface area contributed by atoms with Crippen LogP contribution in [0.5, 0.6) is 0 Å². The van der Waals surface area contributed by atoms with Gasteiger partial charge in [-0.25, -0.2) is 13.6 Å². The van der Waals surface area contributed by atoms with Gasteiger partial charge < -0.3 is 4.74 Å². The molecule has 2 N–H and O–H groups in total. The van der Waals surface area contributed by atoms with Crippen LogP contribution >= 0.6 is 0 Å². The van der Waals surface area contributed by atoms with Crippen LogP contribution in [0.4, 0.5) is 0 Å². The van der Waals surface area contributed by atoms with Crippen molar-refractivity contribution in [2.24, 2.45) is 11.1 Å². The van der Waals surface area contributed by atoms with Crippen LogP contribution in [0.2, 0.25) is 0 Å². The van der Waals surface area contributed by atoms with E-state index in [1.165, 1.54) is 7.11 Å². The molecule has 2 atom stereocenters. The number of primary sulfonamides is 1. The molecule has 0 aromatic rings. The molecule has 0 radical (unpaired) electrons. The predicted octanol–water partition coefficient (Wildman–Crippen LogP) is 1.03. The topological polar surface area (TPSA) is 69.4 Å². The van der Waals surface area contributed by atoms with Crippen LogP contribution in [-0.4, -0.2) is 26.9 Å². The minimum absolute atomic E-state index is 0.363. The van der Waals surface area contributed by atoms with Crippen molar-refractivity contribution in [3.05, 3.63) is 12.7 Å². The molecule has 0 aromatic heterocycles. The highest BCUT2D eigenvalue weighted by Crippen LogP contribution is 2.36. The van der Waals surface area contributed by atoms with Crippen LogP contribution in [0.15, 0.2) is 12.7 Å². The molecule has 0 amide bonds. The predicted molar refractivity (Wildman–Crippen MR) is 59.8 cm³/mol. The Hall–Kier alpha value is -0.390. The summed E-state index contributed by atoms with van der Waals surface area (Å²) in [5.41, 5.74) is 0. The molecule has 1 rings (SSSR count). The lowest BCUT2D eigenvalue weighted by Gasteiger charge is -2.23. The number of sulfonamides is 1. The van der Waals surface area contributed by atoms with E-state index >= 15 is 0 Å². The second-order valence-electron chi connectivity index (χ2n) is 4.11. The fraction of sp³-hybridized carbons (Fsp3) is 0.800. The molecule has 2 unspecified atom stereocenters. The van der Waals surface area contributed by atoms with Crippen molar-refractivity contribution in [3.63, 3.8) is 0 Å². The highest BCUT2D eigenvalue weighted by molar-refractivity contribution is 7.89. The number of rotatable bonds is 7. The summed E-state index contributed by atoms with van der Waals surface area (Å²) in [4.78, 5) is 0. The first-order valence-electron chi connectivity index (χ1n) is 5.14. The maximum Gasteiger partial charge on any atom is 0.214 e. The van der Waals surface area contributed by atoms with E-state index in [2.05, 4.69) is 6.58 Å². The molecule has 0 heterocycles. The summed E-state index contributed by atoms with van der Waals surface area (Å²) in [5, 5.41) is 4.63. The SMILES string of the molecule is C=CCC(OC)C(CC1CC1)S(N)(=O)=O. The first-order valence-corrected chi connectivity index (χ1v) is 6.75. The maximum absolute atomic E-state index is 11.4. The lowest BCUT2D eigenvalue weighted by molar-refractivity contribution is 0.0971. The highest BCUT2D eigenvalue weighted by Gasteiger charge is 2.36. The Labute approximate surface area is 91.5 Å². The van der Waals surface area contributed by atoms with Crippen molar-refractivity contribution in [2.75, 3.05) is 7.11 Å². The number of methoxy groups -OCH3 is 1. The molecule has 1 aliphatic carbocycles. The largest absolute Gasteiger partial charge is 0.380 e. The van der Waals surface area contributed by atoms with Crippen LogP contribution in [0.1, 0.15) is 25.7 Å². The van der Waals surface area contributed by atoms with Crippen LogP contribution in [0.3, 0.4) is 0 Å². The molecule has 4 nitrogen and oxygen atoms in total. The van der Waals surface area contributed by atoms with E-state index in [0.717, 1.165) is 12.8 Å². The monoisotopic (exact) mass is 233 g/mol. The molecule has 0 spiro atoms. The van der Waals surface area contributed by atoms with Crippen molar-refractivity contribution in [1.29, 1.82) is 0 Å². The zero-order valence-corrected chi connectivity index (χ0v) is 9.87. The number of hydrogen-bond acceptors (Lipinski definition) is 3. The molecule has 1 saturated carbocycles. The third-order valence-electron chi connectivity index (χ3n) is 2.80. The normalized spacial score (nSPS) is 20.9. The summed E-state index contributed by atoms with van der Waals surface area (Å²) < 4.78 is 28.0. The summed E-state index contributed by atoms with van der Waals surface area (Å²) in [5.74, 6) is 0.510. The van der Waals surface area contributed by atoms with Gasteiger partial charge in [0.15, 0.2) is 0 Å². The molecule has 0 aromatic carbocycles. The Morgan fingerprint density at radius 3 is 2.53 bits per heavy atom. The average molecular weight is 233 g/mol. The fourth-order valence-corrected chi connectivity index (χ4v) is 2.93. The van der Waals surface area contributed by atoms with Gasteiger partial charge in [-0.15, -0.1) is 6.58 Å². The first kappa shape index (κ1) is 12.7. The maximum atomic E-state index is 11.4. The Morgan fingerprint density at radius 2 is 2.20 bits per heavy atom. The smallest absolute Gasteiger partial charge is 0.214 e. The molecule has 0 bridgehead atoms. The molecule has 0 aliphatic heterocycles. The van der Waals surface area contributed by atoms with Crippen LogP contribution in [-0.2, 0) is 14.8 Å². The lowest BCUT2D eigenvalue weighted by atomic mass is 10.1. The van der Waals surface area contributed by atoms with Gasteiger partial charge in [0.05, 0.1) is 6.10 Å². The van der Waals surface area contributed by atoms with Crippen molar-refractivity contribution in [3.8, 4) is 0 Å². The number of nitrogens with two attached hydrogens (primary N) is 1. The molecular formula is C10H19NO3S. The summed E-state index contributed by atoms with van der Waals surface area (Å²) in [6, 6.07) is 0. The minimum Gasteiger partial charge on any atom is -0.380 e. The van der Waals surface area contributed by atoms with E-state index in [9.17, 15) is 8.42 Å². The Bertz CT molecular complexity index is 309. The van der Waals surface area contributed by atoms with Crippen molar-refractivity contribution in [1.82, 2.24) is 0 Å². The van der Waals surface area contributed by atoms with Gasteiger partial charge in [-0.05, 0) is 18.8 Å². The molecule has 0 saturated heterocycles. The van der Waals surface area contributed by atoms with Gasteiger partial charge >= 0.3 is 0 Å². The van der Waals surface area contributed by atoms with Crippen molar-refractivity contribution < 1.29 is 13.2 Å². The average Bonchev–Trinajstić information content (AvgIpc) is 2.93. The van der Waals surface area contributed by atoms with E-state index in [-0.39, 0.29) is 6.10 Å². The van der Waals surface area contributed by atoms with Crippen LogP contribution in [0, 0.1) is 5.92 Å². The zero-order chi connectivity index (χ0) is 11.5. The van der Waals surface area contributed by atoms with E-state index in [1.54, 1.807) is 6.08 Å². The van der Waals surface area contributed by atoms with Crippen molar-refractivity contribution >= 4 is 10.0 Å². The summed E-state index contributed by atoms with van der Waals surface area (Å²) >= 11 is 0. The molecule has 15 heavy (non-hydrogen) atoms. The van der Waals surface area contributed by atoms with Crippen LogP contribution < -0.4 is 5.14 Å². The summed E-state index contributed by atoms with van der Waals surface area (Å²) in [7, 11) is -2.01. The molecule has 1 fully saturated rings. The van der Waals surface area contributed by atoms with Crippen LogP contribution in [0.25, 0.3) is 0 Å². The summed E-state index contributed by atoms with van der Waals surface area (Å²) in [6.45, 7) is 3.59. The first-order chi connectivity index (χ1) is 6.99. The fourth-order valence-electron chi connectivity index (χ4n) is 1.74. The van der Waals surface area contributed by atoms with E-state index in [1.807, 2.05) is 0 Å². The van der Waals surface area contributed by atoms with Gasteiger partial charge in [-0.2, -0.15) is 0 Å². The second-order valence-corrected chi connectivity index (χ2v) is 5.89. The Kier molecular flexibility index (Phi) is 4.31. The van der Waals surface area contributed by atoms with Crippen molar-refractivity contribution in [2.45, 2.75) is 37.0 Å². The van der Waals surface area contributed by atoms with Gasteiger partial charge in [0.1, 0.15) is 5.25 Å². The second kappa shape index (κ2) is 5.09. The Morgan fingerprint density at radius 1 is 1.60 bits per heavy atom. The van der Waals surface area contributed by atoms with Gasteiger partial charge in [-0.3, -0.25) is 0 Å². The molecular weight excluding hydrogens is 214 g/mol. The standard InChI is InChI=1S/C10H19NO3S/c1-3-4-9(14-2)10(15(11,12)13)7-8-5-6-8/h3,8-10H,1,4-7H2,2H3,(H2,11,12,13). The van der Waals surface area contributed by atoms with Gasteiger partial charge in [0.25, 0.3) is 0 Å². The number of ether oxygens (including phenoxy) is 1. The molecule has 1 aliphatic rings. The third kappa shape index (κ3) is 3.93. The summed E-state index contributed by atoms with van der Waals surface area (Å²) in [6.07, 6.45) is 4.65. The highest BCUT2D eigenvalue weighted by atomic mass is 32.2. The quantitative estimate of drug-likeness (QED) is 0.668. The molecule has 5 heteroatoms. The third-order valence-corrected chi connectivity index (χ3v) is 4.14. The zero-order valence-electron chi connectivity index (χ0n) is 9.06. The van der Waals surface area contributed by atoms with E-state index in [0.29, 0.717) is 18.8 Å². The van der Waals surface area contributed by atoms with E-state index in [4.69, 9.17) is 9.88 Å². The molecule has 88 valence electrons.